The predicted molar refractivity (Wildman–Crippen MR) is 94.2 cm³/mol. The minimum atomic E-state index is 0.161. The Morgan fingerprint density at radius 3 is 2.62 bits per heavy atom. The quantitative estimate of drug-likeness (QED) is 0.751. The van der Waals surface area contributed by atoms with E-state index >= 15 is 0 Å². The normalized spacial score (nSPS) is 22.0. The van der Waals surface area contributed by atoms with E-state index in [9.17, 15) is 4.79 Å². The van der Waals surface area contributed by atoms with Crippen molar-refractivity contribution in [2.75, 3.05) is 16.8 Å². The summed E-state index contributed by atoms with van der Waals surface area (Å²) in [6.07, 6.45) is 4.18. The number of benzene rings is 1. The van der Waals surface area contributed by atoms with Crippen molar-refractivity contribution in [3.63, 3.8) is 0 Å². The number of thioether (sulfide) groups is 2. The number of carbonyl (C=O) groups excluding carboxylic acids is 1. The van der Waals surface area contributed by atoms with E-state index in [-0.39, 0.29) is 9.99 Å². The van der Waals surface area contributed by atoms with Crippen LogP contribution in [0.15, 0.2) is 18.2 Å². The van der Waals surface area contributed by atoms with Gasteiger partial charge in [0.1, 0.15) is 0 Å². The molecular weight excluding hydrogens is 298 g/mol. The molecule has 1 atom stereocenters. The van der Waals surface area contributed by atoms with Crippen molar-refractivity contribution in [2.24, 2.45) is 0 Å². The van der Waals surface area contributed by atoms with Crippen LogP contribution >= 0.6 is 23.5 Å². The predicted octanol–water partition coefficient (Wildman–Crippen LogP) is 4.96. The van der Waals surface area contributed by atoms with Gasteiger partial charge in [0.2, 0.25) is 5.91 Å². The zero-order valence-electron chi connectivity index (χ0n) is 12.8. The number of hydrogen-bond acceptors (Lipinski definition) is 3. The average Bonchev–Trinajstić information content (AvgIpc) is 2.79. The summed E-state index contributed by atoms with van der Waals surface area (Å²) >= 11 is 4.19. The zero-order valence-corrected chi connectivity index (χ0v) is 14.4. The molecule has 0 radical (unpaired) electrons. The van der Waals surface area contributed by atoms with Crippen LogP contribution in [0.3, 0.4) is 0 Å². The highest BCUT2D eigenvalue weighted by Crippen LogP contribution is 2.62. The van der Waals surface area contributed by atoms with Crippen LogP contribution in [0.1, 0.15) is 56.6 Å². The summed E-state index contributed by atoms with van der Waals surface area (Å²) in [6.45, 7) is 4.50. The Bertz CT molecular complexity index is 536. The van der Waals surface area contributed by atoms with Crippen LogP contribution in [0.2, 0.25) is 0 Å². The average molecular weight is 322 g/mol. The van der Waals surface area contributed by atoms with Crippen LogP contribution in [-0.4, -0.2) is 17.4 Å². The Kier molecular flexibility index (Phi) is 4.55. The lowest BCUT2D eigenvalue weighted by Crippen LogP contribution is -2.21. The highest BCUT2D eigenvalue weighted by atomic mass is 32.2. The summed E-state index contributed by atoms with van der Waals surface area (Å²) in [5, 5.41) is 3.06. The van der Waals surface area contributed by atoms with Crippen molar-refractivity contribution in [3.8, 4) is 0 Å². The minimum Gasteiger partial charge on any atom is -0.326 e. The summed E-state index contributed by atoms with van der Waals surface area (Å²) in [5.74, 6) is 2.98. The molecule has 2 aliphatic rings. The van der Waals surface area contributed by atoms with Gasteiger partial charge in [0, 0.05) is 12.1 Å². The molecule has 114 valence electrons. The molecule has 0 fully saturated rings. The van der Waals surface area contributed by atoms with E-state index in [2.05, 4.69) is 60.9 Å². The first kappa shape index (κ1) is 15.3. The molecule has 0 saturated heterocycles. The zero-order chi connectivity index (χ0) is 14.9. The number of hydrogen-bond donors (Lipinski definition) is 1. The van der Waals surface area contributed by atoms with E-state index in [1.807, 2.05) is 0 Å². The number of anilines is 1. The van der Waals surface area contributed by atoms with E-state index in [1.54, 1.807) is 0 Å². The maximum Gasteiger partial charge on any atom is 0.224 e. The highest BCUT2D eigenvalue weighted by molar-refractivity contribution is 8.17. The third kappa shape index (κ3) is 2.72. The Labute approximate surface area is 135 Å². The molecule has 21 heavy (non-hydrogen) atoms. The second-order valence-corrected chi connectivity index (χ2v) is 8.92. The minimum absolute atomic E-state index is 0.161. The fraction of sp³-hybridized carbons (Fsp3) is 0.588. The van der Waals surface area contributed by atoms with Crippen molar-refractivity contribution in [1.29, 1.82) is 0 Å². The summed E-state index contributed by atoms with van der Waals surface area (Å²) in [6, 6.07) is 6.46. The van der Waals surface area contributed by atoms with Crippen molar-refractivity contribution in [2.45, 2.75) is 49.5 Å². The first-order valence-corrected chi connectivity index (χ1v) is 9.88. The van der Waals surface area contributed by atoms with Gasteiger partial charge in [0.05, 0.1) is 4.08 Å². The standard InChI is InChI=1S/C17H23NOS2/c1-3-8-20-17(21-9-4-2)11-12-10-15(19)18-14-7-5-6-13(17)16(12)14/h5-7,12H,3-4,8-11H2,1-2H3,(H,18,19)/t12-/m0/s1. The van der Waals surface area contributed by atoms with Crippen molar-refractivity contribution >= 4 is 35.1 Å². The van der Waals surface area contributed by atoms with Crippen LogP contribution in [0.25, 0.3) is 0 Å². The Morgan fingerprint density at radius 2 is 1.95 bits per heavy atom. The maximum absolute atomic E-state index is 11.9. The summed E-state index contributed by atoms with van der Waals surface area (Å²) in [5.41, 5.74) is 3.95. The maximum atomic E-state index is 11.9. The van der Waals surface area contributed by atoms with E-state index in [0.717, 1.165) is 12.1 Å². The van der Waals surface area contributed by atoms with Gasteiger partial charge in [0.15, 0.2) is 0 Å². The Hall–Kier alpha value is -0.610. The molecule has 3 rings (SSSR count). The third-order valence-electron chi connectivity index (χ3n) is 4.22. The van der Waals surface area contributed by atoms with Gasteiger partial charge in [-0.25, -0.2) is 0 Å². The first-order chi connectivity index (χ1) is 10.2. The molecule has 1 amide bonds. The molecule has 1 aliphatic carbocycles. The van der Waals surface area contributed by atoms with E-state index in [0.29, 0.717) is 12.3 Å². The second-order valence-electron chi connectivity index (χ2n) is 5.87. The van der Waals surface area contributed by atoms with Crippen molar-refractivity contribution in [3.05, 3.63) is 29.3 Å². The first-order valence-electron chi connectivity index (χ1n) is 7.91. The van der Waals surface area contributed by atoms with Gasteiger partial charge in [-0.2, -0.15) is 0 Å². The molecule has 0 unspecified atom stereocenters. The highest BCUT2D eigenvalue weighted by Gasteiger charge is 2.47. The van der Waals surface area contributed by atoms with Crippen molar-refractivity contribution in [1.82, 2.24) is 0 Å². The van der Waals surface area contributed by atoms with E-state index < -0.39 is 0 Å². The topological polar surface area (TPSA) is 29.1 Å². The number of nitrogens with one attached hydrogen (secondary N) is 1. The molecule has 1 aromatic carbocycles. The summed E-state index contributed by atoms with van der Waals surface area (Å²) < 4.78 is 0.161. The van der Waals surface area contributed by atoms with Crippen LogP contribution in [0.4, 0.5) is 5.69 Å². The Balaban J connectivity index is 2.01. The smallest absolute Gasteiger partial charge is 0.224 e. The molecule has 0 aromatic heterocycles. The number of rotatable bonds is 6. The van der Waals surface area contributed by atoms with Gasteiger partial charge in [-0.05, 0) is 53.9 Å². The van der Waals surface area contributed by atoms with Crippen LogP contribution < -0.4 is 5.32 Å². The molecule has 1 N–H and O–H groups in total. The van der Waals surface area contributed by atoms with Gasteiger partial charge in [-0.3, -0.25) is 4.79 Å². The van der Waals surface area contributed by atoms with Gasteiger partial charge in [-0.15, -0.1) is 23.5 Å². The summed E-state index contributed by atoms with van der Waals surface area (Å²) in [7, 11) is 0. The molecule has 2 nitrogen and oxygen atoms in total. The van der Waals surface area contributed by atoms with E-state index in [1.165, 1.54) is 35.5 Å². The number of amides is 1. The van der Waals surface area contributed by atoms with Gasteiger partial charge in [-0.1, -0.05) is 26.0 Å². The number of carbonyl (C=O) groups is 1. The summed E-state index contributed by atoms with van der Waals surface area (Å²) in [4.78, 5) is 11.9. The lowest BCUT2D eigenvalue weighted by Gasteiger charge is -2.29. The van der Waals surface area contributed by atoms with Gasteiger partial charge >= 0.3 is 0 Å². The molecule has 1 heterocycles. The van der Waals surface area contributed by atoms with Crippen LogP contribution in [0.5, 0.6) is 0 Å². The lowest BCUT2D eigenvalue weighted by molar-refractivity contribution is -0.116. The second kappa shape index (κ2) is 6.25. The molecule has 4 heteroatoms. The monoisotopic (exact) mass is 321 g/mol. The van der Waals surface area contributed by atoms with Crippen LogP contribution in [-0.2, 0) is 8.87 Å². The SMILES string of the molecule is CCCSC1(SCCC)C[C@@H]2CC(=O)Nc3cccc1c32. The third-order valence-corrected chi connectivity index (χ3v) is 7.86. The molecule has 1 aliphatic heterocycles. The Morgan fingerprint density at radius 1 is 1.24 bits per heavy atom. The lowest BCUT2D eigenvalue weighted by atomic mass is 9.92. The van der Waals surface area contributed by atoms with Crippen LogP contribution in [0, 0.1) is 0 Å². The van der Waals surface area contributed by atoms with Gasteiger partial charge in [0.25, 0.3) is 0 Å². The molecule has 0 saturated carbocycles. The molecular formula is C17H23NOS2. The molecule has 0 spiro atoms. The van der Waals surface area contributed by atoms with Crippen molar-refractivity contribution < 1.29 is 4.79 Å². The fourth-order valence-corrected chi connectivity index (χ4v) is 6.64. The largest absolute Gasteiger partial charge is 0.326 e. The van der Waals surface area contributed by atoms with E-state index in [4.69, 9.17) is 0 Å². The van der Waals surface area contributed by atoms with Gasteiger partial charge < -0.3 is 5.32 Å². The molecule has 1 aromatic rings. The fourth-order valence-electron chi connectivity index (χ4n) is 3.43. The molecule has 0 bridgehead atoms.